The smallest absolute Gasteiger partial charge is 0.335 e. The summed E-state index contributed by atoms with van der Waals surface area (Å²) in [5.41, 5.74) is 3.96. The van der Waals surface area contributed by atoms with Gasteiger partial charge in [-0.3, -0.25) is 0 Å². The van der Waals surface area contributed by atoms with Gasteiger partial charge >= 0.3 is 5.97 Å². The van der Waals surface area contributed by atoms with E-state index >= 15 is 0 Å². The molecule has 2 aromatic rings. The first-order valence-electron chi connectivity index (χ1n) is 7.00. The van der Waals surface area contributed by atoms with Crippen LogP contribution in [0.3, 0.4) is 0 Å². The SMILES string of the molecule is Cc1cc(C)c(-c2ccccc2OC(C)C)cc1C(=O)O. The Morgan fingerprint density at radius 2 is 1.71 bits per heavy atom. The van der Waals surface area contributed by atoms with E-state index in [0.29, 0.717) is 5.56 Å². The van der Waals surface area contributed by atoms with Gasteiger partial charge in [0, 0.05) is 5.56 Å². The Bertz CT molecular complexity index is 672. The van der Waals surface area contributed by atoms with Gasteiger partial charge in [-0.05, 0) is 56.5 Å². The normalized spacial score (nSPS) is 10.7. The average molecular weight is 284 g/mol. The van der Waals surface area contributed by atoms with Gasteiger partial charge in [-0.1, -0.05) is 24.3 Å². The number of ether oxygens (including phenoxy) is 1. The minimum atomic E-state index is -0.906. The van der Waals surface area contributed by atoms with Crippen LogP contribution in [-0.2, 0) is 0 Å². The van der Waals surface area contributed by atoms with Crippen LogP contribution in [0, 0.1) is 13.8 Å². The molecule has 0 fully saturated rings. The van der Waals surface area contributed by atoms with E-state index in [1.54, 1.807) is 6.07 Å². The van der Waals surface area contributed by atoms with Crippen molar-refractivity contribution in [1.82, 2.24) is 0 Å². The number of hydrogen-bond donors (Lipinski definition) is 1. The topological polar surface area (TPSA) is 46.5 Å². The van der Waals surface area contributed by atoms with Crippen LogP contribution in [0.1, 0.15) is 35.3 Å². The summed E-state index contributed by atoms with van der Waals surface area (Å²) in [6.07, 6.45) is 0.0656. The Labute approximate surface area is 125 Å². The molecule has 0 amide bonds. The Kier molecular flexibility index (Phi) is 4.32. The highest BCUT2D eigenvalue weighted by atomic mass is 16.5. The van der Waals surface area contributed by atoms with Crippen molar-refractivity contribution in [3.8, 4) is 16.9 Å². The second-order valence-electron chi connectivity index (χ2n) is 5.45. The molecule has 0 aromatic heterocycles. The molecule has 0 saturated carbocycles. The maximum absolute atomic E-state index is 11.3. The van der Waals surface area contributed by atoms with Gasteiger partial charge in [-0.15, -0.1) is 0 Å². The third kappa shape index (κ3) is 3.24. The van der Waals surface area contributed by atoms with Crippen molar-refractivity contribution in [3.63, 3.8) is 0 Å². The van der Waals surface area contributed by atoms with E-state index in [0.717, 1.165) is 28.0 Å². The van der Waals surface area contributed by atoms with E-state index < -0.39 is 5.97 Å². The van der Waals surface area contributed by atoms with E-state index in [1.807, 2.05) is 58.0 Å². The van der Waals surface area contributed by atoms with Gasteiger partial charge < -0.3 is 9.84 Å². The van der Waals surface area contributed by atoms with Crippen LogP contribution in [0.2, 0.25) is 0 Å². The molecule has 0 bridgehead atoms. The molecule has 110 valence electrons. The molecule has 0 aliphatic carbocycles. The van der Waals surface area contributed by atoms with Crippen LogP contribution < -0.4 is 4.74 Å². The molecule has 2 rings (SSSR count). The number of para-hydroxylation sites is 1. The quantitative estimate of drug-likeness (QED) is 0.901. The number of rotatable bonds is 4. The largest absolute Gasteiger partial charge is 0.490 e. The Hall–Kier alpha value is -2.29. The van der Waals surface area contributed by atoms with Gasteiger partial charge in [0.05, 0.1) is 11.7 Å². The molecular weight excluding hydrogens is 264 g/mol. The van der Waals surface area contributed by atoms with Crippen molar-refractivity contribution >= 4 is 5.97 Å². The minimum absolute atomic E-state index is 0.0656. The van der Waals surface area contributed by atoms with Crippen LogP contribution in [0.5, 0.6) is 5.75 Å². The molecule has 0 atom stereocenters. The maximum atomic E-state index is 11.3. The highest BCUT2D eigenvalue weighted by molar-refractivity contribution is 5.92. The van der Waals surface area contributed by atoms with E-state index in [1.165, 1.54) is 0 Å². The fraction of sp³-hybridized carbons (Fsp3) is 0.278. The van der Waals surface area contributed by atoms with Crippen LogP contribution in [0.15, 0.2) is 36.4 Å². The molecule has 2 aromatic carbocycles. The summed E-state index contributed by atoms with van der Waals surface area (Å²) in [5, 5.41) is 9.31. The molecule has 1 N–H and O–H groups in total. The average Bonchev–Trinajstić information content (AvgIpc) is 2.39. The second-order valence-corrected chi connectivity index (χ2v) is 5.45. The summed E-state index contributed by atoms with van der Waals surface area (Å²) in [4.78, 5) is 11.3. The van der Waals surface area contributed by atoms with E-state index in [-0.39, 0.29) is 6.10 Å². The number of benzene rings is 2. The lowest BCUT2D eigenvalue weighted by molar-refractivity contribution is 0.0696. The Morgan fingerprint density at radius 1 is 1.05 bits per heavy atom. The number of carbonyl (C=O) groups is 1. The van der Waals surface area contributed by atoms with Gasteiger partial charge in [0.2, 0.25) is 0 Å². The van der Waals surface area contributed by atoms with Crippen LogP contribution in [0.25, 0.3) is 11.1 Å². The molecule has 3 heteroatoms. The fourth-order valence-electron chi connectivity index (χ4n) is 2.42. The van der Waals surface area contributed by atoms with Gasteiger partial charge in [-0.25, -0.2) is 4.79 Å². The molecule has 0 saturated heterocycles. The van der Waals surface area contributed by atoms with Gasteiger partial charge in [0.15, 0.2) is 0 Å². The molecule has 0 unspecified atom stereocenters. The molecule has 3 nitrogen and oxygen atoms in total. The fourth-order valence-corrected chi connectivity index (χ4v) is 2.42. The lowest BCUT2D eigenvalue weighted by atomic mass is 9.94. The lowest BCUT2D eigenvalue weighted by Gasteiger charge is -2.16. The van der Waals surface area contributed by atoms with E-state index in [4.69, 9.17) is 4.74 Å². The molecule has 21 heavy (non-hydrogen) atoms. The summed E-state index contributed by atoms with van der Waals surface area (Å²) in [7, 11) is 0. The van der Waals surface area contributed by atoms with Crippen molar-refractivity contribution < 1.29 is 14.6 Å². The predicted octanol–water partition coefficient (Wildman–Crippen LogP) is 4.46. The van der Waals surface area contributed by atoms with Crippen LogP contribution >= 0.6 is 0 Å². The summed E-state index contributed by atoms with van der Waals surface area (Å²) in [6, 6.07) is 11.4. The summed E-state index contributed by atoms with van der Waals surface area (Å²) >= 11 is 0. The molecule has 0 aliphatic heterocycles. The van der Waals surface area contributed by atoms with Gasteiger partial charge in [0.1, 0.15) is 5.75 Å². The molecule has 0 aliphatic rings. The monoisotopic (exact) mass is 284 g/mol. The van der Waals surface area contributed by atoms with E-state index in [2.05, 4.69) is 0 Å². The standard InChI is InChI=1S/C18H20O3/c1-11(2)21-17-8-6-5-7-14(17)15-10-16(18(19)20)13(4)9-12(15)3/h5-11H,1-4H3,(H,19,20). The van der Waals surface area contributed by atoms with Crippen molar-refractivity contribution in [1.29, 1.82) is 0 Å². The summed E-state index contributed by atoms with van der Waals surface area (Å²) in [5.74, 6) is -0.133. The third-order valence-electron chi connectivity index (χ3n) is 3.34. The van der Waals surface area contributed by atoms with Crippen molar-refractivity contribution in [2.24, 2.45) is 0 Å². The first-order chi connectivity index (χ1) is 9.90. The summed E-state index contributed by atoms with van der Waals surface area (Å²) < 4.78 is 5.84. The number of hydrogen-bond acceptors (Lipinski definition) is 2. The van der Waals surface area contributed by atoms with Gasteiger partial charge in [0.25, 0.3) is 0 Å². The van der Waals surface area contributed by atoms with Crippen molar-refractivity contribution in [2.45, 2.75) is 33.8 Å². The number of aromatic carboxylic acids is 1. The van der Waals surface area contributed by atoms with Crippen molar-refractivity contribution in [2.75, 3.05) is 0 Å². The number of carboxylic acids is 1. The maximum Gasteiger partial charge on any atom is 0.335 e. The Balaban J connectivity index is 2.62. The first kappa shape index (κ1) is 15.1. The number of aryl methyl sites for hydroxylation is 2. The Morgan fingerprint density at radius 3 is 2.33 bits per heavy atom. The molecular formula is C18H20O3. The molecule has 0 radical (unpaired) electrons. The number of carboxylic acid groups (broad SMARTS) is 1. The third-order valence-corrected chi connectivity index (χ3v) is 3.34. The molecule has 0 spiro atoms. The minimum Gasteiger partial charge on any atom is -0.490 e. The van der Waals surface area contributed by atoms with E-state index in [9.17, 15) is 9.90 Å². The highest BCUT2D eigenvalue weighted by Crippen LogP contribution is 2.34. The first-order valence-corrected chi connectivity index (χ1v) is 7.00. The summed E-state index contributed by atoms with van der Waals surface area (Å²) in [6.45, 7) is 7.75. The van der Waals surface area contributed by atoms with Crippen LogP contribution in [-0.4, -0.2) is 17.2 Å². The highest BCUT2D eigenvalue weighted by Gasteiger charge is 2.14. The zero-order chi connectivity index (χ0) is 15.6. The lowest BCUT2D eigenvalue weighted by Crippen LogP contribution is -2.07. The zero-order valence-corrected chi connectivity index (χ0v) is 12.8. The van der Waals surface area contributed by atoms with Crippen LogP contribution in [0.4, 0.5) is 0 Å². The predicted molar refractivity (Wildman–Crippen MR) is 84.1 cm³/mol. The molecule has 0 heterocycles. The van der Waals surface area contributed by atoms with Crippen molar-refractivity contribution in [3.05, 3.63) is 53.1 Å². The zero-order valence-electron chi connectivity index (χ0n) is 12.8. The second kappa shape index (κ2) is 6.00. The van der Waals surface area contributed by atoms with Gasteiger partial charge in [-0.2, -0.15) is 0 Å².